The standard InChI is InChI=1S/C10H16N4O3S/c1-4(3-17-2)14-10-5(8(12)15)6(11)7(18-10)9(13)16/h4,14H,3,11H2,1-2H3,(H2,12,15)(H2,13,16). The number of amides is 2. The monoisotopic (exact) mass is 272 g/mol. The number of thiophene rings is 1. The molecule has 0 bridgehead atoms. The van der Waals surface area contributed by atoms with Crippen LogP contribution in [0.3, 0.4) is 0 Å². The molecule has 1 unspecified atom stereocenters. The van der Waals surface area contributed by atoms with Crippen LogP contribution >= 0.6 is 11.3 Å². The van der Waals surface area contributed by atoms with Crippen LogP contribution in [0.15, 0.2) is 0 Å². The van der Waals surface area contributed by atoms with Gasteiger partial charge in [0, 0.05) is 13.2 Å². The molecule has 0 saturated heterocycles. The second-order valence-corrected chi connectivity index (χ2v) is 4.80. The summed E-state index contributed by atoms with van der Waals surface area (Å²) in [5.41, 5.74) is 16.2. The van der Waals surface area contributed by atoms with E-state index in [1.165, 1.54) is 0 Å². The van der Waals surface area contributed by atoms with Gasteiger partial charge in [-0.1, -0.05) is 0 Å². The Bertz CT molecular complexity index is 472. The highest BCUT2D eigenvalue weighted by Gasteiger charge is 2.23. The van der Waals surface area contributed by atoms with E-state index in [1.807, 2.05) is 6.92 Å². The maximum Gasteiger partial charge on any atom is 0.260 e. The van der Waals surface area contributed by atoms with Gasteiger partial charge in [-0.15, -0.1) is 11.3 Å². The normalized spacial score (nSPS) is 12.1. The number of nitrogens with one attached hydrogen (secondary N) is 1. The number of nitrogens with two attached hydrogens (primary N) is 3. The van der Waals surface area contributed by atoms with E-state index >= 15 is 0 Å². The predicted molar refractivity (Wildman–Crippen MR) is 70.7 cm³/mol. The van der Waals surface area contributed by atoms with Crippen molar-refractivity contribution in [1.29, 1.82) is 0 Å². The van der Waals surface area contributed by atoms with Gasteiger partial charge in [-0.2, -0.15) is 0 Å². The molecule has 1 aromatic heterocycles. The van der Waals surface area contributed by atoms with Crippen molar-refractivity contribution in [3.8, 4) is 0 Å². The van der Waals surface area contributed by atoms with Crippen molar-refractivity contribution in [3.63, 3.8) is 0 Å². The summed E-state index contributed by atoms with van der Waals surface area (Å²) >= 11 is 1.01. The molecule has 100 valence electrons. The zero-order valence-electron chi connectivity index (χ0n) is 10.1. The summed E-state index contributed by atoms with van der Waals surface area (Å²) in [6.07, 6.45) is 0. The Labute approximate surface area is 108 Å². The average molecular weight is 272 g/mol. The summed E-state index contributed by atoms with van der Waals surface area (Å²) in [4.78, 5) is 22.6. The van der Waals surface area contributed by atoms with E-state index in [9.17, 15) is 9.59 Å². The van der Waals surface area contributed by atoms with Gasteiger partial charge in [-0.3, -0.25) is 9.59 Å². The lowest BCUT2D eigenvalue weighted by molar-refractivity contribution is 0.0999. The van der Waals surface area contributed by atoms with Crippen LogP contribution in [0.2, 0.25) is 0 Å². The molecule has 1 heterocycles. The third-order valence-electron chi connectivity index (χ3n) is 2.21. The maximum atomic E-state index is 11.3. The highest BCUT2D eigenvalue weighted by Crippen LogP contribution is 2.35. The fourth-order valence-corrected chi connectivity index (χ4v) is 2.58. The van der Waals surface area contributed by atoms with E-state index in [2.05, 4.69) is 5.32 Å². The van der Waals surface area contributed by atoms with Gasteiger partial charge in [0.1, 0.15) is 9.88 Å². The van der Waals surface area contributed by atoms with Crippen LogP contribution in [0.5, 0.6) is 0 Å². The molecule has 2 amide bonds. The fourth-order valence-electron chi connectivity index (χ4n) is 1.49. The number of hydrogen-bond donors (Lipinski definition) is 4. The molecule has 18 heavy (non-hydrogen) atoms. The molecule has 0 fully saturated rings. The lowest BCUT2D eigenvalue weighted by Gasteiger charge is -2.13. The van der Waals surface area contributed by atoms with Gasteiger partial charge in [-0.05, 0) is 6.92 Å². The van der Waals surface area contributed by atoms with E-state index in [0.717, 1.165) is 11.3 Å². The van der Waals surface area contributed by atoms with Crippen molar-refractivity contribution < 1.29 is 14.3 Å². The van der Waals surface area contributed by atoms with E-state index < -0.39 is 11.8 Å². The lowest BCUT2D eigenvalue weighted by Crippen LogP contribution is -2.22. The third-order valence-corrected chi connectivity index (χ3v) is 3.36. The van der Waals surface area contributed by atoms with Crippen LogP contribution < -0.4 is 22.5 Å². The minimum atomic E-state index is -0.705. The summed E-state index contributed by atoms with van der Waals surface area (Å²) in [5, 5.41) is 3.44. The Kier molecular flexibility index (Phi) is 4.51. The van der Waals surface area contributed by atoms with Crippen molar-refractivity contribution >= 4 is 33.8 Å². The first-order valence-corrected chi connectivity index (χ1v) is 5.97. The molecule has 7 nitrogen and oxygen atoms in total. The zero-order valence-corrected chi connectivity index (χ0v) is 11.0. The lowest BCUT2D eigenvalue weighted by atomic mass is 10.2. The molecule has 0 radical (unpaired) electrons. The van der Waals surface area contributed by atoms with Crippen molar-refractivity contribution in [3.05, 3.63) is 10.4 Å². The van der Waals surface area contributed by atoms with Crippen molar-refractivity contribution in [2.45, 2.75) is 13.0 Å². The van der Waals surface area contributed by atoms with E-state index in [1.54, 1.807) is 7.11 Å². The van der Waals surface area contributed by atoms with Gasteiger partial charge in [0.05, 0.1) is 17.9 Å². The van der Waals surface area contributed by atoms with Gasteiger partial charge in [0.2, 0.25) is 0 Å². The first-order valence-electron chi connectivity index (χ1n) is 5.15. The molecule has 0 aliphatic heterocycles. The second-order valence-electron chi connectivity index (χ2n) is 3.78. The molecular weight excluding hydrogens is 256 g/mol. The minimum Gasteiger partial charge on any atom is -0.397 e. The van der Waals surface area contributed by atoms with Crippen LogP contribution in [0.25, 0.3) is 0 Å². The number of primary amides is 2. The van der Waals surface area contributed by atoms with Crippen molar-refractivity contribution in [2.24, 2.45) is 11.5 Å². The predicted octanol–water partition coefficient (Wildman–Crippen LogP) is -0.0251. The summed E-state index contributed by atoms with van der Waals surface area (Å²) in [6, 6.07) is -0.0631. The number of anilines is 2. The average Bonchev–Trinajstić information content (AvgIpc) is 2.55. The number of rotatable bonds is 6. The van der Waals surface area contributed by atoms with Crippen LogP contribution in [0.4, 0.5) is 10.7 Å². The van der Waals surface area contributed by atoms with E-state index in [0.29, 0.717) is 11.6 Å². The Morgan fingerprint density at radius 3 is 2.44 bits per heavy atom. The highest BCUT2D eigenvalue weighted by molar-refractivity contribution is 7.19. The molecular formula is C10H16N4O3S. The van der Waals surface area contributed by atoms with Crippen LogP contribution in [-0.2, 0) is 4.74 Å². The first kappa shape index (κ1) is 14.3. The Morgan fingerprint density at radius 2 is 2.00 bits per heavy atom. The van der Waals surface area contributed by atoms with Crippen LogP contribution in [0, 0.1) is 0 Å². The van der Waals surface area contributed by atoms with E-state index in [4.69, 9.17) is 21.9 Å². The number of nitrogen functional groups attached to an aromatic ring is 1. The third kappa shape index (κ3) is 2.90. The van der Waals surface area contributed by atoms with Crippen molar-refractivity contribution in [2.75, 3.05) is 24.8 Å². The first-order chi connectivity index (χ1) is 8.38. The number of carbonyl (C=O) groups is 2. The summed E-state index contributed by atoms with van der Waals surface area (Å²) in [7, 11) is 1.56. The maximum absolute atomic E-state index is 11.3. The Morgan fingerprint density at radius 1 is 1.39 bits per heavy atom. The molecule has 1 atom stereocenters. The fraction of sp³-hybridized carbons (Fsp3) is 0.400. The Balaban J connectivity index is 3.13. The molecule has 0 spiro atoms. The van der Waals surface area contributed by atoms with Gasteiger partial charge >= 0.3 is 0 Å². The SMILES string of the molecule is COCC(C)Nc1sc(C(N)=O)c(N)c1C(N)=O. The quantitative estimate of drug-likeness (QED) is 0.577. The number of carbonyl (C=O) groups excluding carboxylic acids is 2. The zero-order chi connectivity index (χ0) is 13.9. The Hall–Kier alpha value is -1.80. The smallest absolute Gasteiger partial charge is 0.260 e. The molecule has 0 aliphatic rings. The van der Waals surface area contributed by atoms with Gasteiger partial charge in [0.25, 0.3) is 11.8 Å². The van der Waals surface area contributed by atoms with Gasteiger partial charge < -0.3 is 27.3 Å². The van der Waals surface area contributed by atoms with Crippen LogP contribution in [0.1, 0.15) is 27.0 Å². The topological polar surface area (TPSA) is 133 Å². The van der Waals surface area contributed by atoms with Crippen molar-refractivity contribution in [1.82, 2.24) is 0 Å². The molecule has 0 saturated carbocycles. The highest BCUT2D eigenvalue weighted by atomic mass is 32.1. The number of ether oxygens (including phenoxy) is 1. The largest absolute Gasteiger partial charge is 0.397 e. The molecule has 7 N–H and O–H groups in total. The van der Waals surface area contributed by atoms with Gasteiger partial charge in [0.15, 0.2) is 0 Å². The molecule has 0 aromatic carbocycles. The van der Waals surface area contributed by atoms with E-state index in [-0.39, 0.29) is 22.2 Å². The second kappa shape index (κ2) is 5.69. The number of methoxy groups -OCH3 is 1. The summed E-state index contributed by atoms with van der Waals surface area (Å²) < 4.78 is 4.96. The van der Waals surface area contributed by atoms with Gasteiger partial charge in [-0.25, -0.2) is 0 Å². The van der Waals surface area contributed by atoms with Crippen LogP contribution in [-0.4, -0.2) is 31.6 Å². The molecule has 1 rings (SSSR count). The summed E-state index contributed by atoms with van der Waals surface area (Å²) in [5.74, 6) is -1.39. The molecule has 1 aromatic rings. The summed E-state index contributed by atoms with van der Waals surface area (Å²) in [6.45, 7) is 2.29. The molecule has 0 aliphatic carbocycles. The number of hydrogen-bond acceptors (Lipinski definition) is 6. The molecule has 8 heteroatoms. The minimum absolute atomic E-state index is 0.0205.